The van der Waals surface area contributed by atoms with Gasteiger partial charge in [0.25, 0.3) is 5.72 Å². The number of hydrogen-bond donors (Lipinski definition) is 12. The Hall–Kier alpha value is -4.16. The van der Waals surface area contributed by atoms with Gasteiger partial charge in [-0.3, -0.25) is 14.4 Å². The molecule has 3 amide bonds. The van der Waals surface area contributed by atoms with Crippen LogP contribution in [0.1, 0.15) is 31.0 Å². The molecule has 0 saturated carbocycles. The first-order valence-corrected chi connectivity index (χ1v) is 16.8. The minimum atomic E-state index is -2.58. The van der Waals surface area contributed by atoms with Gasteiger partial charge in [-0.05, 0) is 12.0 Å². The number of amides is 3. The van der Waals surface area contributed by atoms with Crippen LogP contribution in [0.15, 0.2) is 36.5 Å². The van der Waals surface area contributed by atoms with Crippen molar-refractivity contribution >= 4 is 23.7 Å². The fourth-order valence-electron chi connectivity index (χ4n) is 6.27. The molecule has 2 saturated heterocycles. The second kappa shape index (κ2) is 18.2. The van der Waals surface area contributed by atoms with Gasteiger partial charge in [0, 0.05) is 26.3 Å². The summed E-state index contributed by atoms with van der Waals surface area (Å²) in [6, 6.07) is 5.83. The molecule has 4 rings (SSSR count). The molecule has 0 spiro atoms. The Labute approximate surface area is 302 Å². The Morgan fingerprint density at radius 2 is 1.70 bits per heavy atom. The molecule has 21 nitrogen and oxygen atoms in total. The number of carbonyl (C=O) groups excluding carboxylic acids is 3. The number of rotatable bonds is 16. The third-order valence-corrected chi connectivity index (χ3v) is 9.11. The molecule has 12 N–H and O–H groups in total. The van der Waals surface area contributed by atoms with E-state index >= 15 is 0 Å². The van der Waals surface area contributed by atoms with Gasteiger partial charge in [-0.1, -0.05) is 35.5 Å². The SMILES string of the molecule is CC(=O)N[C@H]1[C@H]([C@H](O)[C@H](O)CO)O[C@](C(=O)O)(n2cc(C[C@@H](NC(=O)Cc3ccccc3)C(=O)NCC[C@@H]3O[C@H](CO)[C@H](O)[C@H](O)[C@H]3O)nn2)C[C@@H]1O. The first kappa shape index (κ1) is 41.6. The van der Waals surface area contributed by atoms with Crippen molar-refractivity contribution in [3.8, 4) is 0 Å². The van der Waals surface area contributed by atoms with Crippen LogP contribution in [0, 0.1) is 0 Å². The second-order valence-electron chi connectivity index (χ2n) is 13.0. The molecule has 0 radical (unpaired) electrons. The van der Waals surface area contributed by atoms with E-state index in [1.165, 1.54) is 0 Å². The summed E-state index contributed by atoms with van der Waals surface area (Å²) in [5.74, 6) is -3.71. The van der Waals surface area contributed by atoms with Gasteiger partial charge in [-0.25, -0.2) is 9.48 Å². The van der Waals surface area contributed by atoms with E-state index < -0.39 is 116 Å². The zero-order valence-corrected chi connectivity index (χ0v) is 28.6. The molecule has 2 aliphatic rings. The largest absolute Gasteiger partial charge is 0.478 e. The molecule has 0 unspecified atom stereocenters. The van der Waals surface area contributed by atoms with Gasteiger partial charge in [0.15, 0.2) is 0 Å². The molecule has 294 valence electrons. The van der Waals surface area contributed by atoms with Crippen LogP contribution in [0.25, 0.3) is 0 Å². The average Bonchev–Trinajstić information content (AvgIpc) is 3.60. The fraction of sp³-hybridized carbons (Fsp3) is 0.625. The molecule has 0 aliphatic carbocycles. The molecule has 1 aromatic carbocycles. The van der Waals surface area contributed by atoms with Crippen molar-refractivity contribution in [1.29, 1.82) is 0 Å². The van der Waals surface area contributed by atoms with Crippen LogP contribution < -0.4 is 16.0 Å². The summed E-state index contributed by atoms with van der Waals surface area (Å²) in [7, 11) is 0. The number of carboxylic acid groups (broad SMARTS) is 1. The van der Waals surface area contributed by atoms with Gasteiger partial charge in [0.1, 0.15) is 48.8 Å². The smallest absolute Gasteiger partial charge is 0.359 e. The monoisotopic (exact) mass is 754 g/mol. The molecular formula is C32H46N6O15. The number of carbonyl (C=O) groups is 4. The zero-order chi connectivity index (χ0) is 39.0. The van der Waals surface area contributed by atoms with E-state index in [1.54, 1.807) is 30.3 Å². The Balaban J connectivity index is 1.56. The lowest BCUT2D eigenvalue weighted by atomic mass is 9.87. The molecule has 53 heavy (non-hydrogen) atoms. The van der Waals surface area contributed by atoms with Crippen molar-refractivity contribution < 1.29 is 74.6 Å². The van der Waals surface area contributed by atoms with Gasteiger partial charge in [0.05, 0.1) is 49.8 Å². The number of aliphatic hydroxyl groups excluding tert-OH is 8. The van der Waals surface area contributed by atoms with Crippen molar-refractivity contribution in [2.24, 2.45) is 0 Å². The third kappa shape index (κ3) is 9.89. The number of aliphatic carboxylic acids is 1. The Morgan fingerprint density at radius 1 is 1.02 bits per heavy atom. The van der Waals surface area contributed by atoms with Crippen LogP contribution in [0.4, 0.5) is 0 Å². The summed E-state index contributed by atoms with van der Waals surface area (Å²) in [6.07, 6.45) is -14.5. The quantitative estimate of drug-likeness (QED) is 0.0759. The number of aliphatic hydroxyl groups is 8. The molecule has 3 heterocycles. The predicted molar refractivity (Wildman–Crippen MR) is 175 cm³/mol. The summed E-state index contributed by atoms with van der Waals surface area (Å²) >= 11 is 0. The summed E-state index contributed by atoms with van der Waals surface area (Å²) < 4.78 is 12.0. The highest BCUT2D eigenvalue weighted by molar-refractivity contribution is 5.88. The second-order valence-corrected chi connectivity index (χ2v) is 13.0. The number of hydrogen-bond acceptors (Lipinski definition) is 16. The highest BCUT2D eigenvalue weighted by Gasteiger charge is 2.56. The molecule has 12 atom stereocenters. The molecule has 2 aromatic rings. The lowest BCUT2D eigenvalue weighted by Gasteiger charge is -2.46. The summed E-state index contributed by atoms with van der Waals surface area (Å²) in [4.78, 5) is 51.2. The first-order valence-electron chi connectivity index (χ1n) is 16.8. The number of benzene rings is 1. The van der Waals surface area contributed by atoms with Gasteiger partial charge >= 0.3 is 5.97 Å². The number of carboxylic acids is 1. The molecule has 1 aromatic heterocycles. The minimum Gasteiger partial charge on any atom is -0.478 e. The van der Waals surface area contributed by atoms with Crippen LogP contribution in [0.2, 0.25) is 0 Å². The lowest BCUT2D eigenvalue weighted by Crippen LogP contribution is -2.67. The standard InChI is InChI=1S/C32H46N6O15/c1-15(41)34-24-19(42)11-32(31(50)51,53-29(24)25(45)20(43)13-39)38-12-17(36-37-38)10-18(35-23(44)9-16-5-3-2-4-6-16)30(49)33-8-7-21-26(46)28(48)27(47)22(14-40)52-21/h2-6,12,18-22,24-29,39-40,42-43,45-48H,7-11,13-14H2,1H3,(H,33,49)(H,34,41)(H,35,44)(H,50,51)/t18-,19+,20-,21+,22-,24-,25-,26+,27+,28-,29-,32-/m1/s1. The van der Waals surface area contributed by atoms with Gasteiger partial charge < -0.3 is 71.4 Å². The maximum absolute atomic E-state index is 13.5. The molecule has 0 bridgehead atoms. The van der Waals surface area contributed by atoms with Gasteiger partial charge in [-0.15, -0.1) is 5.10 Å². The van der Waals surface area contributed by atoms with Crippen LogP contribution in [0.5, 0.6) is 0 Å². The average molecular weight is 755 g/mol. The van der Waals surface area contributed by atoms with Crippen molar-refractivity contribution in [1.82, 2.24) is 30.9 Å². The third-order valence-electron chi connectivity index (χ3n) is 9.11. The van der Waals surface area contributed by atoms with E-state index in [4.69, 9.17) is 9.47 Å². The van der Waals surface area contributed by atoms with Crippen LogP contribution in [-0.4, -0.2) is 171 Å². The van der Waals surface area contributed by atoms with Crippen LogP contribution in [-0.2, 0) is 47.2 Å². The van der Waals surface area contributed by atoms with E-state index in [9.17, 15) is 65.1 Å². The Kier molecular flexibility index (Phi) is 14.3. The number of nitrogens with zero attached hydrogens (tertiary/aromatic N) is 3. The first-order chi connectivity index (χ1) is 25.1. The molecular weight excluding hydrogens is 708 g/mol. The maximum atomic E-state index is 13.5. The lowest BCUT2D eigenvalue weighted by molar-refractivity contribution is -0.258. The highest BCUT2D eigenvalue weighted by atomic mass is 16.6. The van der Waals surface area contributed by atoms with E-state index in [1.807, 2.05) is 0 Å². The van der Waals surface area contributed by atoms with Crippen molar-refractivity contribution in [3.05, 3.63) is 47.8 Å². The predicted octanol–water partition coefficient (Wildman–Crippen LogP) is -6.00. The normalized spacial score (nSPS) is 30.4. The molecule has 2 aliphatic heterocycles. The number of aromatic nitrogens is 3. The van der Waals surface area contributed by atoms with Crippen molar-refractivity contribution in [2.75, 3.05) is 19.8 Å². The van der Waals surface area contributed by atoms with Gasteiger partial charge in [0.2, 0.25) is 17.7 Å². The van der Waals surface area contributed by atoms with Crippen molar-refractivity contribution in [3.63, 3.8) is 0 Å². The van der Waals surface area contributed by atoms with Crippen molar-refractivity contribution in [2.45, 2.75) is 105 Å². The van der Waals surface area contributed by atoms with E-state index in [-0.39, 0.29) is 31.5 Å². The topological polar surface area (TPSA) is 336 Å². The van der Waals surface area contributed by atoms with E-state index in [0.717, 1.165) is 13.1 Å². The highest BCUT2D eigenvalue weighted by Crippen LogP contribution is 2.36. The summed E-state index contributed by atoms with van der Waals surface area (Å²) in [6.45, 7) is -0.674. The maximum Gasteiger partial charge on any atom is 0.359 e. The zero-order valence-electron chi connectivity index (χ0n) is 28.6. The van der Waals surface area contributed by atoms with Gasteiger partial charge in [-0.2, -0.15) is 0 Å². The Bertz CT molecular complexity index is 1550. The summed E-state index contributed by atoms with van der Waals surface area (Å²) in [5.41, 5.74) is -2.00. The fourth-order valence-corrected chi connectivity index (χ4v) is 6.27. The number of nitrogens with one attached hydrogen (secondary N) is 3. The van der Waals surface area contributed by atoms with E-state index in [0.29, 0.717) is 10.2 Å². The Morgan fingerprint density at radius 3 is 2.32 bits per heavy atom. The molecule has 2 fully saturated rings. The van der Waals surface area contributed by atoms with Crippen LogP contribution in [0.3, 0.4) is 0 Å². The minimum absolute atomic E-state index is 0.0470. The number of ether oxygens (including phenoxy) is 2. The van der Waals surface area contributed by atoms with Crippen LogP contribution >= 0.6 is 0 Å². The summed E-state index contributed by atoms with van der Waals surface area (Å²) in [5, 5.41) is 107. The van der Waals surface area contributed by atoms with E-state index in [2.05, 4.69) is 26.3 Å². The molecule has 21 heteroatoms.